The van der Waals surface area contributed by atoms with Crippen molar-refractivity contribution in [2.75, 3.05) is 38.3 Å². The van der Waals surface area contributed by atoms with Gasteiger partial charge in [0.05, 0.1) is 31.7 Å². The first-order valence-corrected chi connectivity index (χ1v) is 7.56. The topological polar surface area (TPSA) is 64.5 Å². The number of hydrogen-bond donors (Lipinski definition) is 0. The fourth-order valence-corrected chi connectivity index (χ4v) is 2.61. The number of aromatic nitrogens is 2. The number of esters is 1. The van der Waals surface area contributed by atoms with Crippen molar-refractivity contribution < 1.29 is 14.3 Å². The second-order valence-corrected chi connectivity index (χ2v) is 5.29. The highest BCUT2D eigenvalue weighted by Gasteiger charge is 2.23. The third kappa shape index (κ3) is 3.17. The Labute approximate surface area is 135 Å². The highest BCUT2D eigenvalue weighted by Crippen LogP contribution is 2.26. The zero-order chi connectivity index (χ0) is 16.2. The van der Waals surface area contributed by atoms with Crippen molar-refractivity contribution in [1.82, 2.24) is 9.97 Å². The van der Waals surface area contributed by atoms with Gasteiger partial charge in [0.1, 0.15) is 5.56 Å². The van der Waals surface area contributed by atoms with E-state index >= 15 is 0 Å². The molecule has 1 aromatic heterocycles. The molecule has 2 heterocycles. The van der Waals surface area contributed by atoms with Crippen LogP contribution in [0.5, 0.6) is 0 Å². The van der Waals surface area contributed by atoms with Gasteiger partial charge in [-0.05, 0) is 6.92 Å². The Morgan fingerprint density at radius 1 is 1.17 bits per heavy atom. The van der Waals surface area contributed by atoms with Gasteiger partial charge in [-0.1, -0.05) is 30.3 Å². The molecule has 6 heteroatoms. The number of hydrogen-bond acceptors (Lipinski definition) is 6. The van der Waals surface area contributed by atoms with Gasteiger partial charge in [-0.2, -0.15) is 0 Å². The first-order chi connectivity index (χ1) is 11.2. The van der Waals surface area contributed by atoms with E-state index in [-0.39, 0.29) is 0 Å². The van der Waals surface area contributed by atoms with Crippen LogP contribution in [0.25, 0.3) is 11.3 Å². The van der Waals surface area contributed by atoms with Gasteiger partial charge in [0, 0.05) is 18.7 Å². The normalized spacial score (nSPS) is 14.6. The Balaban J connectivity index is 2.12. The maximum absolute atomic E-state index is 12.2. The molecule has 0 unspecified atom stereocenters. The summed E-state index contributed by atoms with van der Waals surface area (Å²) in [6.07, 6.45) is 0. The van der Waals surface area contributed by atoms with E-state index < -0.39 is 5.97 Å². The lowest BCUT2D eigenvalue weighted by molar-refractivity contribution is 0.0599. The van der Waals surface area contributed by atoms with Crippen LogP contribution >= 0.6 is 0 Å². The van der Waals surface area contributed by atoms with Crippen LogP contribution in [0.15, 0.2) is 30.3 Å². The molecule has 0 radical (unpaired) electrons. The predicted octanol–water partition coefficient (Wildman–Crippen LogP) is 2.08. The summed E-state index contributed by atoms with van der Waals surface area (Å²) in [5.74, 6) is 0.201. The minimum absolute atomic E-state index is 0.413. The molecule has 1 aliphatic rings. The van der Waals surface area contributed by atoms with Gasteiger partial charge in [0.2, 0.25) is 5.95 Å². The van der Waals surface area contributed by atoms with Crippen LogP contribution in [0, 0.1) is 6.92 Å². The average Bonchev–Trinajstić information content (AvgIpc) is 2.62. The van der Waals surface area contributed by atoms with Crippen molar-refractivity contribution in [3.8, 4) is 11.3 Å². The second-order valence-electron chi connectivity index (χ2n) is 5.29. The molecule has 1 fully saturated rings. The highest BCUT2D eigenvalue weighted by atomic mass is 16.5. The molecule has 23 heavy (non-hydrogen) atoms. The Kier molecular flexibility index (Phi) is 4.52. The molecule has 2 aromatic rings. The minimum Gasteiger partial charge on any atom is -0.465 e. The van der Waals surface area contributed by atoms with E-state index in [4.69, 9.17) is 9.47 Å². The number of benzene rings is 1. The van der Waals surface area contributed by atoms with E-state index in [9.17, 15) is 4.79 Å². The summed E-state index contributed by atoms with van der Waals surface area (Å²) in [5.41, 5.74) is 2.50. The third-order valence-electron chi connectivity index (χ3n) is 3.81. The molecule has 0 saturated carbocycles. The fraction of sp³-hybridized carbons (Fsp3) is 0.353. The Bertz CT molecular complexity index is 698. The number of morpholine rings is 1. The maximum Gasteiger partial charge on any atom is 0.341 e. The summed E-state index contributed by atoms with van der Waals surface area (Å²) in [6.45, 7) is 4.60. The lowest BCUT2D eigenvalue weighted by Crippen LogP contribution is -2.37. The summed E-state index contributed by atoms with van der Waals surface area (Å²) in [5, 5.41) is 0. The molecule has 0 bridgehead atoms. The molecule has 0 spiro atoms. The second kappa shape index (κ2) is 6.75. The Hall–Kier alpha value is -2.47. The van der Waals surface area contributed by atoms with E-state index in [1.165, 1.54) is 7.11 Å². The number of nitrogens with zero attached hydrogens (tertiary/aromatic N) is 3. The summed E-state index contributed by atoms with van der Waals surface area (Å²) in [6, 6.07) is 9.62. The summed E-state index contributed by atoms with van der Waals surface area (Å²) in [4.78, 5) is 23.4. The van der Waals surface area contributed by atoms with Crippen LogP contribution in [0.3, 0.4) is 0 Å². The van der Waals surface area contributed by atoms with E-state index in [0.717, 1.165) is 18.7 Å². The number of anilines is 1. The number of rotatable bonds is 3. The molecule has 120 valence electrons. The van der Waals surface area contributed by atoms with Crippen molar-refractivity contribution >= 4 is 11.9 Å². The van der Waals surface area contributed by atoms with Crippen LogP contribution in [0.2, 0.25) is 0 Å². The number of methoxy groups -OCH3 is 1. The van der Waals surface area contributed by atoms with Crippen molar-refractivity contribution in [1.29, 1.82) is 0 Å². The van der Waals surface area contributed by atoms with Crippen molar-refractivity contribution in [3.05, 3.63) is 41.6 Å². The molecule has 3 rings (SSSR count). The standard InChI is InChI=1S/C17H19N3O3/c1-12-14(16(21)22-2)15(13-6-4-3-5-7-13)19-17(18-12)20-8-10-23-11-9-20/h3-7H,8-11H2,1-2H3. The largest absolute Gasteiger partial charge is 0.465 e. The smallest absolute Gasteiger partial charge is 0.341 e. The molecule has 0 atom stereocenters. The van der Waals surface area contributed by atoms with Gasteiger partial charge in [-0.3, -0.25) is 0 Å². The van der Waals surface area contributed by atoms with Crippen LogP contribution in [0.1, 0.15) is 16.1 Å². The minimum atomic E-state index is -0.421. The molecule has 1 saturated heterocycles. The van der Waals surface area contributed by atoms with Crippen LogP contribution in [-0.4, -0.2) is 49.4 Å². The van der Waals surface area contributed by atoms with Crippen molar-refractivity contribution in [2.24, 2.45) is 0 Å². The van der Waals surface area contributed by atoms with Gasteiger partial charge in [-0.25, -0.2) is 14.8 Å². The van der Waals surface area contributed by atoms with E-state index in [1.807, 2.05) is 37.3 Å². The van der Waals surface area contributed by atoms with Crippen molar-refractivity contribution in [3.63, 3.8) is 0 Å². The molecule has 6 nitrogen and oxygen atoms in total. The monoisotopic (exact) mass is 313 g/mol. The summed E-state index contributed by atoms with van der Waals surface area (Å²) >= 11 is 0. The van der Waals surface area contributed by atoms with Crippen LogP contribution in [0.4, 0.5) is 5.95 Å². The third-order valence-corrected chi connectivity index (χ3v) is 3.81. The van der Waals surface area contributed by atoms with E-state index in [2.05, 4.69) is 14.9 Å². The number of carbonyl (C=O) groups excluding carboxylic acids is 1. The van der Waals surface area contributed by atoms with Gasteiger partial charge in [-0.15, -0.1) is 0 Å². The fourth-order valence-electron chi connectivity index (χ4n) is 2.61. The quantitative estimate of drug-likeness (QED) is 0.808. The SMILES string of the molecule is COC(=O)c1c(C)nc(N2CCOCC2)nc1-c1ccccc1. The molecular weight excluding hydrogens is 294 g/mol. The lowest BCUT2D eigenvalue weighted by atomic mass is 10.0. The number of ether oxygens (including phenoxy) is 2. The van der Waals surface area contributed by atoms with Gasteiger partial charge in [0.25, 0.3) is 0 Å². The van der Waals surface area contributed by atoms with E-state index in [0.29, 0.717) is 36.1 Å². The van der Waals surface area contributed by atoms with Gasteiger partial charge in [0.15, 0.2) is 0 Å². The molecular formula is C17H19N3O3. The predicted molar refractivity (Wildman–Crippen MR) is 86.6 cm³/mol. The molecule has 0 N–H and O–H groups in total. The molecule has 1 aromatic carbocycles. The van der Waals surface area contributed by atoms with Crippen LogP contribution < -0.4 is 4.90 Å². The Morgan fingerprint density at radius 2 is 1.87 bits per heavy atom. The highest BCUT2D eigenvalue weighted by molar-refractivity contribution is 5.97. The van der Waals surface area contributed by atoms with Gasteiger partial charge >= 0.3 is 5.97 Å². The zero-order valence-electron chi connectivity index (χ0n) is 13.3. The van der Waals surface area contributed by atoms with Crippen LogP contribution in [-0.2, 0) is 9.47 Å². The molecule has 1 aliphatic heterocycles. The average molecular weight is 313 g/mol. The molecule has 0 amide bonds. The van der Waals surface area contributed by atoms with E-state index in [1.54, 1.807) is 0 Å². The first kappa shape index (κ1) is 15.4. The number of carbonyl (C=O) groups is 1. The van der Waals surface area contributed by atoms with Gasteiger partial charge < -0.3 is 14.4 Å². The summed E-state index contributed by atoms with van der Waals surface area (Å²) in [7, 11) is 1.37. The lowest BCUT2D eigenvalue weighted by Gasteiger charge is -2.27. The zero-order valence-corrected chi connectivity index (χ0v) is 13.3. The molecule has 0 aliphatic carbocycles. The Morgan fingerprint density at radius 3 is 2.52 bits per heavy atom. The number of aryl methyl sites for hydroxylation is 1. The summed E-state index contributed by atoms with van der Waals surface area (Å²) < 4.78 is 10.3. The van der Waals surface area contributed by atoms with Crippen molar-refractivity contribution in [2.45, 2.75) is 6.92 Å². The maximum atomic E-state index is 12.2. The first-order valence-electron chi connectivity index (χ1n) is 7.56.